The van der Waals surface area contributed by atoms with Gasteiger partial charge in [0.2, 0.25) is 0 Å². The second-order valence-electron chi connectivity index (χ2n) is 5.81. The Morgan fingerprint density at radius 1 is 1.14 bits per heavy atom. The van der Waals surface area contributed by atoms with Crippen LogP contribution in [0.25, 0.3) is 10.9 Å². The highest BCUT2D eigenvalue weighted by atomic mass is 19.1. The second kappa shape index (κ2) is 5.44. The molecule has 0 saturated heterocycles. The zero-order valence-corrected chi connectivity index (χ0v) is 13.4. The Labute approximate surface area is 130 Å². The third-order valence-corrected chi connectivity index (χ3v) is 4.24. The van der Waals surface area contributed by atoms with Gasteiger partial charge in [0.1, 0.15) is 5.82 Å². The molecule has 0 spiro atoms. The zero-order valence-electron chi connectivity index (χ0n) is 13.4. The normalized spacial score (nSPS) is 11.1. The highest BCUT2D eigenvalue weighted by molar-refractivity contribution is 5.93. The van der Waals surface area contributed by atoms with E-state index in [0.717, 1.165) is 17.0 Å². The van der Waals surface area contributed by atoms with Crippen molar-refractivity contribution in [2.24, 2.45) is 0 Å². The lowest BCUT2D eigenvalue weighted by molar-refractivity contribution is 0.600. The minimum Gasteiger partial charge on any atom is -0.361 e. The van der Waals surface area contributed by atoms with E-state index in [1.807, 2.05) is 43.4 Å². The van der Waals surface area contributed by atoms with Crippen LogP contribution >= 0.6 is 0 Å². The maximum atomic E-state index is 14.0. The highest BCUT2D eigenvalue weighted by Gasteiger charge is 2.17. The Hall–Kier alpha value is -2.36. The average Bonchev–Trinajstić information content (AvgIpc) is 2.74. The van der Waals surface area contributed by atoms with Crippen LogP contribution in [0.3, 0.4) is 0 Å². The summed E-state index contributed by atoms with van der Waals surface area (Å²) in [5.41, 5.74) is 4.12. The minimum absolute atomic E-state index is 0.170. The number of aromatic nitrogens is 2. The number of hydrogen-bond acceptors (Lipinski definition) is 2. The molecular formula is C18H20FN3. The fraction of sp³-hybridized carbons (Fsp3) is 0.278. The number of rotatable bonds is 3. The molecule has 0 aliphatic rings. The van der Waals surface area contributed by atoms with Gasteiger partial charge in [0.25, 0.3) is 0 Å². The van der Waals surface area contributed by atoms with E-state index in [1.165, 1.54) is 17.0 Å². The van der Waals surface area contributed by atoms with Gasteiger partial charge < -0.3 is 9.47 Å². The summed E-state index contributed by atoms with van der Waals surface area (Å²) < 4.78 is 16.2. The predicted octanol–water partition coefficient (Wildman–Crippen LogP) is 3.91. The molecular weight excluding hydrogens is 277 g/mol. The Bertz CT molecular complexity index is 834. The van der Waals surface area contributed by atoms with E-state index in [1.54, 1.807) is 6.07 Å². The molecule has 22 heavy (non-hydrogen) atoms. The summed E-state index contributed by atoms with van der Waals surface area (Å²) in [4.78, 5) is 6.50. The number of nitrogens with zero attached hydrogens (tertiary/aromatic N) is 3. The molecule has 0 amide bonds. The molecule has 0 fully saturated rings. The molecule has 114 valence electrons. The van der Waals surface area contributed by atoms with Crippen LogP contribution in [0.2, 0.25) is 0 Å². The van der Waals surface area contributed by atoms with Gasteiger partial charge in [-0.15, -0.1) is 0 Å². The monoisotopic (exact) mass is 297 g/mol. The van der Waals surface area contributed by atoms with Gasteiger partial charge in [0.05, 0.1) is 12.1 Å². The Balaban J connectivity index is 2.25. The summed E-state index contributed by atoms with van der Waals surface area (Å²) in [6, 6.07) is 8.97. The summed E-state index contributed by atoms with van der Waals surface area (Å²) >= 11 is 0. The number of aryl methyl sites for hydroxylation is 1. The fourth-order valence-corrected chi connectivity index (χ4v) is 2.90. The van der Waals surface area contributed by atoms with Crippen LogP contribution in [0, 0.1) is 19.7 Å². The predicted molar refractivity (Wildman–Crippen MR) is 89.0 cm³/mol. The first-order valence-corrected chi connectivity index (χ1v) is 7.36. The van der Waals surface area contributed by atoms with Gasteiger partial charge in [-0.05, 0) is 31.5 Å². The standard InChI is InChI=1S/C18H20FN3/c1-12-13(2)22(11-14-7-5-6-8-16(14)19)17-15(12)9-10-20-18(17)21(3)4/h5-10H,11H2,1-4H3. The van der Waals surface area contributed by atoms with Crippen molar-refractivity contribution in [3.8, 4) is 0 Å². The van der Waals surface area contributed by atoms with Crippen LogP contribution in [0.4, 0.5) is 10.2 Å². The van der Waals surface area contributed by atoms with Crippen LogP contribution in [0.5, 0.6) is 0 Å². The molecule has 0 bridgehead atoms. The maximum absolute atomic E-state index is 14.0. The van der Waals surface area contributed by atoms with Crippen LogP contribution in [-0.2, 0) is 6.54 Å². The van der Waals surface area contributed by atoms with Gasteiger partial charge in [-0.2, -0.15) is 0 Å². The lowest BCUT2D eigenvalue weighted by Gasteiger charge is -2.16. The first-order chi connectivity index (χ1) is 10.5. The average molecular weight is 297 g/mol. The SMILES string of the molecule is Cc1c(C)n(Cc2ccccc2F)c2c(N(C)C)nccc12. The second-order valence-corrected chi connectivity index (χ2v) is 5.81. The summed E-state index contributed by atoms with van der Waals surface area (Å²) in [5, 5.41) is 1.17. The Kier molecular flexibility index (Phi) is 3.61. The smallest absolute Gasteiger partial charge is 0.152 e. The number of fused-ring (bicyclic) bond motifs is 1. The van der Waals surface area contributed by atoms with Crippen molar-refractivity contribution in [3.05, 3.63) is 59.2 Å². The van der Waals surface area contributed by atoms with E-state index < -0.39 is 0 Å². The summed E-state index contributed by atoms with van der Waals surface area (Å²) in [5.74, 6) is 0.738. The van der Waals surface area contributed by atoms with E-state index in [0.29, 0.717) is 12.1 Å². The molecule has 3 aromatic rings. The van der Waals surface area contributed by atoms with E-state index in [9.17, 15) is 4.39 Å². The van der Waals surface area contributed by atoms with Gasteiger partial charge in [-0.25, -0.2) is 9.37 Å². The van der Waals surface area contributed by atoms with Crippen molar-refractivity contribution >= 4 is 16.7 Å². The molecule has 3 nitrogen and oxygen atoms in total. The van der Waals surface area contributed by atoms with Crippen molar-refractivity contribution < 1.29 is 4.39 Å². The molecule has 0 saturated carbocycles. The van der Waals surface area contributed by atoms with E-state index in [4.69, 9.17) is 0 Å². The van der Waals surface area contributed by atoms with Crippen LogP contribution < -0.4 is 4.90 Å². The molecule has 1 aromatic carbocycles. The molecule has 0 aliphatic heterocycles. The summed E-state index contributed by atoms with van der Waals surface area (Å²) in [6.07, 6.45) is 1.83. The lowest BCUT2D eigenvalue weighted by Crippen LogP contribution is -2.13. The van der Waals surface area contributed by atoms with Crippen molar-refractivity contribution in [1.29, 1.82) is 0 Å². The molecule has 0 aliphatic carbocycles. The van der Waals surface area contributed by atoms with Gasteiger partial charge in [0, 0.05) is 36.9 Å². The van der Waals surface area contributed by atoms with Gasteiger partial charge >= 0.3 is 0 Å². The van der Waals surface area contributed by atoms with E-state index >= 15 is 0 Å². The zero-order chi connectivity index (χ0) is 15.9. The molecule has 2 heterocycles. The van der Waals surface area contributed by atoms with E-state index in [-0.39, 0.29) is 5.82 Å². The number of benzene rings is 1. The molecule has 3 rings (SSSR count). The van der Waals surface area contributed by atoms with Crippen LogP contribution in [0.15, 0.2) is 36.5 Å². The third-order valence-electron chi connectivity index (χ3n) is 4.24. The first kappa shape index (κ1) is 14.6. The maximum Gasteiger partial charge on any atom is 0.152 e. The van der Waals surface area contributed by atoms with Crippen LogP contribution in [-0.4, -0.2) is 23.6 Å². The van der Waals surface area contributed by atoms with Gasteiger partial charge in [-0.1, -0.05) is 18.2 Å². The molecule has 4 heteroatoms. The molecule has 0 unspecified atom stereocenters. The first-order valence-electron chi connectivity index (χ1n) is 7.36. The van der Waals surface area contributed by atoms with Crippen molar-refractivity contribution in [2.75, 3.05) is 19.0 Å². The van der Waals surface area contributed by atoms with Gasteiger partial charge in [-0.3, -0.25) is 0 Å². The minimum atomic E-state index is -0.170. The van der Waals surface area contributed by atoms with Crippen LogP contribution in [0.1, 0.15) is 16.8 Å². The van der Waals surface area contributed by atoms with E-state index in [2.05, 4.69) is 23.4 Å². The molecule has 0 radical (unpaired) electrons. The lowest BCUT2D eigenvalue weighted by atomic mass is 10.2. The number of halogens is 1. The fourth-order valence-electron chi connectivity index (χ4n) is 2.90. The summed E-state index contributed by atoms with van der Waals surface area (Å²) in [7, 11) is 3.96. The molecule has 0 N–H and O–H groups in total. The third kappa shape index (κ3) is 2.25. The number of anilines is 1. The van der Waals surface area contributed by atoms with Crippen molar-refractivity contribution in [3.63, 3.8) is 0 Å². The molecule has 2 aromatic heterocycles. The quantitative estimate of drug-likeness (QED) is 0.731. The van der Waals surface area contributed by atoms with Crippen molar-refractivity contribution in [1.82, 2.24) is 9.55 Å². The topological polar surface area (TPSA) is 21.1 Å². The largest absolute Gasteiger partial charge is 0.361 e. The highest BCUT2D eigenvalue weighted by Crippen LogP contribution is 2.31. The van der Waals surface area contributed by atoms with Crippen molar-refractivity contribution in [2.45, 2.75) is 20.4 Å². The number of hydrogen-bond donors (Lipinski definition) is 0. The number of pyridine rings is 1. The Morgan fingerprint density at radius 3 is 2.55 bits per heavy atom. The Morgan fingerprint density at radius 2 is 1.86 bits per heavy atom. The van der Waals surface area contributed by atoms with Gasteiger partial charge in [0.15, 0.2) is 5.82 Å². The summed E-state index contributed by atoms with van der Waals surface area (Å²) in [6.45, 7) is 4.69. The molecule has 0 atom stereocenters.